The molecule has 0 aromatic carbocycles. The molecule has 0 radical (unpaired) electrons. The van der Waals surface area contributed by atoms with Gasteiger partial charge >= 0.3 is 12.1 Å². The Labute approximate surface area is 94.6 Å². The molecule has 6 nitrogen and oxygen atoms in total. The quantitative estimate of drug-likeness (QED) is 0.685. The van der Waals surface area contributed by atoms with Crippen LogP contribution < -0.4 is 5.32 Å². The largest absolute Gasteiger partial charge is 0.481 e. The standard InChI is InChI=1S/C10H18N2O4/c1-10(2,3)16-9(15)12-5-7(8(13)14)4-11-6-12/h7,11H,4-6H2,1-3H3,(H,13,14)/t7-/m1/s1. The van der Waals surface area contributed by atoms with Crippen molar-refractivity contribution in [2.45, 2.75) is 26.4 Å². The zero-order valence-corrected chi connectivity index (χ0v) is 9.82. The van der Waals surface area contributed by atoms with Gasteiger partial charge in [-0.2, -0.15) is 0 Å². The third kappa shape index (κ3) is 3.69. The lowest BCUT2D eigenvalue weighted by Crippen LogP contribution is -2.52. The maximum Gasteiger partial charge on any atom is 0.411 e. The first-order chi connectivity index (χ1) is 7.29. The maximum atomic E-state index is 11.7. The molecule has 6 heteroatoms. The molecule has 1 atom stereocenters. The molecule has 1 rings (SSSR count). The number of hydrogen-bond acceptors (Lipinski definition) is 4. The number of nitrogens with zero attached hydrogens (tertiary/aromatic N) is 1. The Kier molecular flexibility index (Phi) is 3.74. The highest BCUT2D eigenvalue weighted by Gasteiger charge is 2.30. The second-order valence-corrected chi connectivity index (χ2v) is 4.85. The van der Waals surface area contributed by atoms with E-state index >= 15 is 0 Å². The van der Waals surface area contributed by atoms with Crippen molar-refractivity contribution < 1.29 is 19.4 Å². The summed E-state index contributed by atoms with van der Waals surface area (Å²) in [4.78, 5) is 23.8. The number of ether oxygens (including phenoxy) is 1. The van der Waals surface area contributed by atoms with Gasteiger partial charge in [-0.25, -0.2) is 4.79 Å². The van der Waals surface area contributed by atoms with E-state index in [0.717, 1.165) is 0 Å². The van der Waals surface area contributed by atoms with Gasteiger partial charge in [0.25, 0.3) is 0 Å². The highest BCUT2D eigenvalue weighted by Crippen LogP contribution is 2.12. The van der Waals surface area contributed by atoms with Crippen molar-refractivity contribution in [1.82, 2.24) is 10.2 Å². The summed E-state index contributed by atoms with van der Waals surface area (Å²) in [6.07, 6.45) is -0.481. The summed E-state index contributed by atoms with van der Waals surface area (Å²) < 4.78 is 5.16. The SMILES string of the molecule is CC(C)(C)OC(=O)N1CNC[C@@H](C(=O)O)C1. The molecule has 2 N–H and O–H groups in total. The second kappa shape index (κ2) is 4.69. The average Bonchev–Trinajstić information content (AvgIpc) is 2.15. The van der Waals surface area contributed by atoms with Gasteiger partial charge in [0.15, 0.2) is 0 Å². The summed E-state index contributed by atoms with van der Waals surface area (Å²) in [5.41, 5.74) is -0.562. The molecule has 1 amide bonds. The third-order valence-electron chi connectivity index (χ3n) is 2.14. The van der Waals surface area contributed by atoms with Crippen LogP contribution in [0.25, 0.3) is 0 Å². The zero-order chi connectivity index (χ0) is 12.3. The number of carboxylic acids is 1. The van der Waals surface area contributed by atoms with Gasteiger partial charge in [0.2, 0.25) is 0 Å². The van der Waals surface area contributed by atoms with E-state index in [2.05, 4.69) is 5.32 Å². The highest BCUT2D eigenvalue weighted by atomic mass is 16.6. The van der Waals surface area contributed by atoms with Crippen LogP contribution in [0.15, 0.2) is 0 Å². The lowest BCUT2D eigenvalue weighted by molar-refractivity contribution is -0.142. The van der Waals surface area contributed by atoms with Gasteiger partial charge in [-0.15, -0.1) is 0 Å². The van der Waals surface area contributed by atoms with E-state index in [1.54, 1.807) is 20.8 Å². The summed E-state index contributed by atoms with van der Waals surface area (Å²) >= 11 is 0. The minimum absolute atomic E-state index is 0.192. The van der Waals surface area contributed by atoms with Gasteiger partial charge in [0.1, 0.15) is 5.60 Å². The van der Waals surface area contributed by atoms with Gasteiger partial charge in [-0.3, -0.25) is 15.0 Å². The van der Waals surface area contributed by atoms with E-state index in [9.17, 15) is 9.59 Å². The lowest BCUT2D eigenvalue weighted by Gasteiger charge is -2.33. The Morgan fingerprint density at radius 1 is 1.44 bits per heavy atom. The summed E-state index contributed by atoms with van der Waals surface area (Å²) in [6, 6.07) is 0. The number of carbonyl (C=O) groups excluding carboxylic acids is 1. The number of rotatable bonds is 1. The molecule has 1 aliphatic rings. The van der Waals surface area contributed by atoms with Crippen LogP contribution in [0.5, 0.6) is 0 Å². The van der Waals surface area contributed by atoms with Crippen LogP contribution in [0.1, 0.15) is 20.8 Å². The van der Waals surface area contributed by atoms with Crippen molar-refractivity contribution >= 4 is 12.1 Å². The molecule has 92 valence electrons. The summed E-state index contributed by atoms with van der Waals surface area (Å²) in [5, 5.41) is 11.7. The first kappa shape index (κ1) is 12.8. The minimum Gasteiger partial charge on any atom is -0.481 e. The molecule has 0 aromatic rings. The van der Waals surface area contributed by atoms with Crippen molar-refractivity contribution in [3.63, 3.8) is 0 Å². The van der Waals surface area contributed by atoms with Crippen LogP contribution in [-0.4, -0.2) is 47.4 Å². The highest BCUT2D eigenvalue weighted by molar-refractivity contribution is 5.73. The Bertz CT molecular complexity index is 285. The molecule has 16 heavy (non-hydrogen) atoms. The van der Waals surface area contributed by atoms with Crippen LogP contribution in [0.3, 0.4) is 0 Å². The minimum atomic E-state index is -0.902. The fourth-order valence-electron chi connectivity index (χ4n) is 1.40. The molecule has 0 saturated carbocycles. The normalized spacial score (nSPS) is 21.7. The number of hydrogen-bond donors (Lipinski definition) is 2. The van der Waals surface area contributed by atoms with Crippen molar-refractivity contribution in [3.05, 3.63) is 0 Å². The Morgan fingerprint density at radius 3 is 2.56 bits per heavy atom. The smallest absolute Gasteiger partial charge is 0.411 e. The van der Waals surface area contributed by atoms with Gasteiger partial charge in [-0.1, -0.05) is 0 Å². The number of carbonyl (C=O) groups is 2. The van der Waals surface area contributed by atoms with Gasteiger partial charge in [0, 0.05) is 13.1 Å². The lowest BCUT2D eigenvalue weighted by atomic mass is 10.1. The fourth-order valence-corrected chi connectivity index (χ4v) is 1.40. The number of aliphatic carboxylic acids is 1. The molecule has 0 aliphatic carbocycles. The number of carboxylic acid groups (broad SMARTS) is 1. The molecule has 0 spiro atoms. The van der Waals surface area contributed by atoms with Crippen LogP contribution in [-0.2, 0) is 9.53 Å². The maximum absolute atomic E-state index is 11.7. The summed E-state index contributed by atoms with van der Waals surface area (Å²) in [6.45, 7) is 6.23. The fraction of sp³-hybridized carbons (Fsp3) is 0.800. The summed E-state index contributed by atoms with van der Waals surface area (Å²) in [7, 11) is 0. The monoisotopic (exact) mass is 230 g/mol. The Morgan fingerprint density at radius 2 is 2.06 bits per heavy atom. The Balaban J connectivity index is 2.54. The van der Waals surface area contributed by atoms with Crippen LogP contribution in [0, 0.1) is 5.92 Å². The van der Waals surface area contributed by atoms with Crippen LogP contribution in [0.4, 0.5) is 4.79 Å². The van der Waals surface area contributed by atoms with E-state index in [1.807, 2.05) is 0 Å². The third-order valence-corrected chi connectivity index (χ3v) is 2.14. The second-order valence-electron chi connectivity index (χ2n) is 4.85. The molecule has 0 aromatic heterocycles. The van der Waals surface area contributed by atoms with E-state index in [-0.39, 0.29) is 6.54 Å². The van der Waals surface area contributed by atoms with E-state index < -0.39 is 23.6 Å². The average molecular weight is 230 g/mol. The van der Waals surface area contributed by atoms with Crippen LogP contribution >= 0.6 is 0 Å². The van der Waals surface area contributed by atoms with Crippen molar-refractivity contribution in [2.75, 3.05) is 19.8 Å². The van der Waals surface area contributed by atoms with E-state index in [4.69, 9.17) is 9.84 Å². The van der Waals surface area contributed by atoms with Crippen molar-refractivity contribution in [2.24, 2.45) is 5.92 Å². The molecule has 1 saturated heterocycles. The first-order valence-electron chi connectivity index (χ1n) is 5.21. The molecule has 1 fully saturated rings. The van der Waals surface area contributed by atoms with Crippen molar-refractivity contribution in [3.8, 4) is 0 Å². The number of nitrogens with one attached hydrogen (secondary N) is 1. The molecule has 1 heterocycles. The summed E-state index contributed by atoms with van der Waals surface area (Å²) in [5.74, 6) is -1.47. The molecule has 0 bridgehead atoms. The van der Waals surface area contributed by atoms with Gasteiger partial charge < -0.3 is 9.84 Å². The molecular formula is C10H18N2O4. The predicted molar refractivity (Wildman–Crippen MR) is 56.9 cm³/mol. The van der Waals surface area contributed by atoms with Crippen LogP contribution in [0.2, 0.25) is 0 Å². The first-order valence-corrected chi connectivity index (χ1v) is 5.21. The van der Waals surface area contributed by atoms with E-state index in [0.29, 0.717) is 13.2 Å². The molecular weight excluding hydrogens is 212 g/mol. The predicted octanol–water partition coefficient (Wildman–Crippen LogP) is 0.485. The van der Waals surface area contributed by atoms with E-state index in [1.165, 1.54) is 4.90 Å². The Hall–Kier alpha value is -1.30. The topological polar surface area (TPSA) is 78.9 Å². The molecule has 1 aliphatic heterocycles. The molecule has 0 unspecified atom stereocenters. The number of amides is 1. The zero-order valence-electron chi connectivity index (χ0n) is 9.82. The van der Waals surface area contributed by atoms with Crippen molar-refractivity contribution in [1.29, 1.82) is 0 Å². The van der Waals surface area contributed by atoms with Gasteiger partial charge in [-0.05, 0) is 20.8 Å². The van der Waals surface area contributed by atoms with Gasteiger partial charge in [0.05, 0.1) is 12.6 Å².